The fourth-order valence-electron chi connectivity index (χ4n) is 4.30. The Kier molecular flexibility index (Phi) is 3.12. The van der Waals surface area contributed by atoms with Gasteiger partial charge in [0.1, 0.15) is 5.82 Å². The molecule has 4 aromatic rings. The Balaban J connectivity index is 1.80. The summed E-state index contributed by atoms with van der Waals surface area (Å²) < 4.78 is 4.47. The summed E-state index contributed by atoms with van der Waals surface area (Å²) in [6, 6.07) is 13.0. The van der Waals surface area contributed by atoms with Crippen LogP contribution in [-0.4, -0.2) is 19.3 Å². The number of anilines is 1. The van der Waals surface area contributed by atoms with Crippen LogP contribution < -0.4 is 5.32 Å². The third-order valence-corrected chi connectivity index (χ3v) is 5.67. The second-order valence-corrected chi connectivity index (χ2v) is 7.96. The summed E-state index contributed by atoms with van der Waals surface area (Å²) in [4.78, 5) is 0. The van der Waals surface area contributed by atoms with Crippen molar-refractivity contribution < 1.29 is 0 Å². The van der Waals surface area contributed by atoms with Crippen LogP contribution >= 0.6 is 0 Å². The van der Waals surface area contributed by atoms with E-state index in [0.29, 0.717) is 0 Å². The van der Waals surface area contributed by atoms with E-state index in [1.54, 1.807) is 0 Å². The molecular weight excluding hydrogens is 334 g/mol. The molecule has 0 saturated carbocycles. The van der Waals surface area contributed by atoms with Gasteiger partial charge in [0.05, 0.1) is 28.1 Å². The lowest BCUT2D eigenvalue weighted by atomic mass is 9.97. The number of nitrogens with one attached hydrogen (secondary N) is 1. The van der Waals surface area contributed by atoms with Gasteiger partial charge in [-0.25, -0.2) is 0 Å². The fourth-order valence-corrected chi connectivity index (χ4v) is 4.30. The molecule has 1 aliphatic rings. The number of aryl methyl sites for hydroxylation is 2. The molecule has 0 bridgehead atoms. The normalized spacial score (nSPS) is 14.7. The van der Waals surface area contributed by atoms with Crippen molar-refractivity contribution in [3.8, 4) is 11.4 Å². The molecule has 5 heteroatoms. The SMILES string of the molecule is Cc1c(-n2ccc3c(C)cccc32)ccc2c1-n1c(C)nnc1C(C)(C)N2. The second-order valence-electron chi connectivity index (χ2n) is 7.96. The molecule has 1 aliphatic heterocycles. The zero-order valence-electron chi connectivity index (χ0n) is 16.3. The van der Waals surface area contributed by atoms with Gasteiger partial charge >= 0.3 is 0 Å². The fraction of sp³-hybridized carbons (Fsp3) is 0.273. The number of hydrogen-bond donors (Lipinski definition) is 1. The molecule has 0 amide bonds. The van der Waals surface area contributed by atoms with E-state index in [2.05, 4.69) is 94.9 Å². The summed E-state index contributed by atoms with van der Waals surface area (Å²) in [7, 11) is 0. The Morgan fingerprint density at radius 2 is 1.78 bits per heavy atom. The Morgan fingerprint density at radius 1 is 0.963 bits per heavy atom. The average molecular weight is 357 g/mol. The van der Waals surface area contributed by atoms with Gasteiger partial charge in [0.25, 0.3) is 0 Å². The molecule has 0 spiro atoms. The predicted molar refractivity (Wildman–Crippen MR) is 109 cm³/mol. The van der Waals surface area contributed by atoms with Crippen molar-refractivity contribution in [3.63, 3.8) is 0 Å². The molecular formula is C22H23N5. The van der Waals surface area contributed by atoms with Gasteiger partial charge in [-0.2, -0.15) is 0 Å². The topological polar surface area (TPSA) is 47.7 Å². The van der Waals surface area contributed by atoms with Crippen molar-refractivity contribution in [3.05, 3.63) is 65.4 Å². The van der Waals surface area contributed by atoms with Crippen LogP contribution in [0.4, 0.5) is 5.69 Å². The lowest BCUT2D eigenvalue weighted by Crippen LogP contribution is -2.36. The maximum atomic E-state index is 4.45. The number of aromatic nitrogens is 4. The highest BCUT2D eigenvalue weighted by molar-refractivity contribution is 5.86. The zero-order chi connectivity index (χ0) is 18.9. The minimum Gasteiger partial charge on any atom is -0.371 e. The summed E-state index contributed by atoms with van der Waals surface area (Å²) >= 11 is 0. The molecule has 1 N–H and O–H groups in total. The van der Waals surface area contributed by atoms with Crippen LogP contribution in [0.15, 0.2) is 42.6 Å². The van der Waals surface area contributed by atoms with E-state index in [9.17, 15) is 0 Å². The monoisotopic (exact) mass is 357 g/mol. The standard InChI is InChI=1S/C22H23N5/c1-13-7-6-8-19-16(13)11-12-26(19)18-10-9-17-20(14(18)2)27-15(3)24-25-21(27)22(4,5)23-17/h6-12,23H,1-5H3. The molecule has 0 fully saturated rings. The third kappa shape index (κ3) is 2.11. The van der Waals surface area contributed by atoms with Crippen molar-refractivity contribution in [2.75, 3.05) is 5.32 Å². The number of nitrogens with zero attached hydrogens (tertiary/aromatic N) is 4. The van der Waals surface area contributed by atoms with E-state index in [0.717, 1.165) is 23.0 Å². The summed E-state index contributed by atoms with van der Waals surface area (Å²) in [5, 5.41) is 13.7. The summed E-state index contributed by atoms with van der Waals surface area (Å²) in [6.45, 7) is 10.6. The lowest BCUT2D eigenvalue weighted by molar-refractivity contribution is 0.534. The van der Waals surface area contributed by atoms with Gasteiger partial charge in [0.2, 0.25) is 0 Å². The van der Waals surface area contributed by atoms with Crippen LogP contribution in [0.2, 0.25) is 0 Å². The van der Waals surface area contributed by atoms with E-state index in [4.69, 9.17) is 0 Å². The van der Waals surface area contributed by atoms with Crippen LogP contribution in [0.3, 0.4) is 0 Å². The minimum absolute atomic E-state index is 0.264. The van der Waals surface area contributed by atoms with Crippen molar-refractivity contribution in [2.24, 2.45) is 0 Å². The van der Waals surface area contributed by atoms with Crippen molar-refractivity contribution >= 4 is 16.6 Å². The summed E-state index contributed by atoms with van der Waals surface area (Å²) in [6.07, 6.45) is 2.16. The second kappa shape index (κ2) is 5.22. The molecule has 5 rings (SSSR count). The highest BCUT2D eigenvalue weighted by Crippen LogP contribution is 2.40. The molecule has 0 atom stereocenters. The average Bonchev–Trinajstić information content (AvgIpc) is 3.21. The molecule has 3 heterocycles. The quantitative estimate of drug-likeness (QED) is 0.532. The third-order valence-electron chi connectivity index (χ3n) is 5.67. The largest absolute Gasteiger partial charge is 0.371 e. The Labute approximate surface area is 158 Å². The molecule has 2 aromatic heterocycles. The van der Waals surface area contributed by atoms with Gasteiger partial charge in [-0.1, -0.05) is 12.1 Å². The van der Waals surface area contributed by atoms with Crippen LogP contribution in [0.25, 0.3) is 22.3 Å². The number of fused-ring (bicyclic) bond motifs is 4. The van der Waals surface area contributed by atoms with Crippen LogP contribution in [0.5, 0.6) is 0 Å². The number of rotatable bonds is 1. The molecule has 0 aliphatic carbocycles. The van der Waals surface area contributed by atoms with E-state index in [1.165, 1.54) is 27.7 Å². The highest BCUT2D eigenvalue weighted by atomic mass is 15.3. The molecule has 0 saturated heterocycles. The van der Waals surface area contributed by atoms with Gasteiger partial charge in [0.15, 0.2) is 5.82 Å². The minimum atomic E-state index is -0.264. The first kappa shape index (κ1) is 16.1. The summed E-state index contributed by atoms with van der Waals surface area (Å²) in [5.74, 6) is 1.86. The number of benzene rings is 2. The van der Waals surface area contributed by atoms with Gasteiger partial charge in [-0.15, -0.1) is 10.2 Å². The molecule has 0 radical (unpaired) electrons. The first-order valence-corrected chi connectivity index (χ1v) is 9.30. The molecule has 2 aromatic carbocycles. The van der Waals surface area contributed by atoms with Crippen molar-refractivity contribution in [2.45, 2.75) is 40.2 Å². The predicted octanol–water partition coefficient (Wildman–Crippen LogP) is 4.80. The van der Waals surface area contributed by atoms with E-state index >= 15 is 0 Å². The van der Waals surface area contributed by atoms with Gasteiger partial charge < -0.3 is 9.88 Å². The van der Waals surface area contributed by atoms with Crippen molar-refractivity contribution in [1.29, 1.82) is 0 Å². The molecule has 136 valence electrons. The maximum Gasteiger partial charge on any atom is 0.162 e. The summed E-state index contributed by atoms with van der Waals surface area (Å²) in [5.41, 5.74) is 6.89. The maximum absolute atomic E-state index is 4.45. The molecule has 0 unspecified atom stereocenters. The Morgan fingerprint density at radius 3 is 2.59 bits per heavy atom. The van der Waals surface area contributed by atoms with Gasteiger partial charge in [-0.3, -0.25) is 4.57 Å². The van der Waals surface area contributed by atoms with Crippen LogP contribution in [0.1, 0.15) is 36.6 Å². The van der Waals surface area contributed by atoms with Crippen LogP contribution in [0, 0.1) is 20.8 Å². The molecule has 5 nitrogen and oxygen atoms in total. The van der Waals surface area contributed by atoms with Crippen molar-refractivity contribution in [1.82, 2.24) is 19.3 Å². The Bertz CT molecular complexity index is 1210. The Hall–Kier alpha value is -3.08. The van der Waals surface area contributed by atoms with E-state index in [-0.39, 0.29) is 5.54 Å². The van der Waals surface area contributed by atoms with Crippen LogP contribution in [-0.2, 0) is 5.54 Å². The van der Waals surface area contributed by atoms with Gasteiger partial charge in [-0.05, 0) is 70.0 Å². The highest BCUT2D eigenvalue weighted by Gasteiger charge is 2.35. The van der Waals surface area contributed by atoms with E-state index < -0.39 is 0 Å². The smallest absolute Gasteiger partial charge is 0.162 e. The van der Waals surface area contributed by atoms with E-state index in [1.807, 2.05) is 6.92 Å². The first-order chi connectivity index (χ1) is 12.9. The molecule has 27 heavy (non-hydrogen) atoms. The zero-order valence-corrected chi connectivity index (χ0v) is 16.3. The number of hydrogen-bond acceptors (Lipinski definition) is 3. The lowest BCUT2D eigenvalue weighted by Gasteiger charge is -2.35. The van der Waals surface area contributed by atoms with Gasteiger partial charge in [0, 0.05) is 11.6 Å². The first-order valence-electron chi connectivity index (χ1n) is 9.30.